The number of furan rings is 1. The van der Waals surface area contributed by atoms with E-state index in [-0.39, 0.29) is 17.1 Å². The van der Waals surface area contributed by atoms with Crippen molar-refractivity contribution in [2.75, 3.05) is 7.11 Å². The van der Waals surface area contributed by atoms with Crippen LogP contribution in [0.15, 0.2) is 56.1 Å². The number of carbonyl (C=O) groups is 1. The molecule has 2 heterocycles. The molecule has 0 spiro atoms. The fourth-order valence-corrected chi connectivity index (χ4v) is 4.04. The molecule has 206 valence electrons. The van der Waals surface area contributed by atoms with Gasteiger partial charge in [-0.3, -0.25) is 0 Å². The number of ether oxygens (including phenoxy) is 3. The van der Waals surface area contributed by atoms with Gasteiger partial charge in [-0.05, 0) is 43.7 Å². The van der Waals surface area contributed by atoms with Crippen molar-refractivity contribution in [2.45, 2.75) is 20.0 Å². The van der Waals surface area contributed by atoms with Gasteiger partial charge >= 0.3 is 11.6 Å². The van der Waals surface area contributed by atoms with E-state index in [9.17, 15) is 31.5 Å². The van der Waals surface area contributed by atoms with Crippen molar-refractivity contribution in [1.82, 2.24) is 0 Å². The molecule has 0 amide bonds. The fourth-order valence-electron chi connectivity index (χ4n) is 4.04. The lowest BCUT2D eigenvalue weighted by Crippen LogP contribution is -2.29. The molecule has 12 heteroatoms. The van der Waals surface area contributed by atoms with Gasteiger partial charge in [-0.25, -0.2) is 22.8 Å². The molecule has 5 rings (SSSR count). The van der Waals surface area contributed by atoms with E-state index in [0.717, 1.165) is 6.92 Å². The topological polar surface area (TPSA) is 88.1 Å². The first-order valence-electron chi connectivity index (χ1n) is 11.5. The Balaban J connectivity index is 1.51. The summed E-state index contributed by atoms with van der Waals surface area (Å²) in [5.74, 6) is -13.4. The highest BCUT2D eigenvalue weighted by Crippen LogP contribution is 2.38. The van der Waals surface area contributed by atoms with Crippen LogP contribution in [-0.4, -0.2) is 19.2 Å². The molecule has 0 fully saturated rings. The lowest BCUT2D eigenvalue weighted by Gasteiger charge is -2.16. The van der Waals surface area contributed by atoms with Gasteiger partial charge in [-0.1, -0.05) is 12.1 Å². The Morgan fingerprint density at radius 1 is 0.875 bits per heavy atom. The molecule has 3 aromatic carbocycles. The molecule has 0 radical (unpaired) electrons. The van der Waals surface area contributed by atoms with E-state index in [1.165, 1.54) is 32.2 Å². The number of para-hydroxylation sites is 1. The summed E-state index contributed by atoms with van der Waals surface area (Å²) in [7, 11) is 1.48. The highest BCUT2D eigenvalue weighted by Gasteiger charge is 2.30. The molecule has 7 nitrogen and oxygen atoms in total. The highest BCUT2D eigenvalue weighted by molar-refractivity contribution is 5.97. The SMILES string of the molecule is COc1cccc2cc(-c3cc(=O)oc4cc(C)c(OC(=O)C(C)Oc5c(F)c(F)c(F)c(F)c5F)cc34)oc12. The van der Waals surface area contributed by atoms with Crippen molar-refractivity contribution in [3.8, 4) is 28.6 Å². The van der Waals surface area contributed by atoms with Crippen LogP contribution >= 0.6 is 0 Å². The number of benzene rings is 3. The van der Waals surface area contributed by atoms with Crippen LogP contribution in [0.25, 0.3) is 33.3 Å². The third-order valence-corrected chi connectivity index (χ3v) is 6.04. The van der Waals surface area contributed by atoms with E-state index in [2.05, 4.69) is 0 Å². The number of hydrogen-bond donors (Lipinski definition) is 0. The molecule has 1 atom stereocenters. The van der Waals surface area contributed by atoms with Crippen LogP contribution in [0.4, 0.5) is 22.0 Å². The zero-order valence-electron chi connectivity index (χ0n) is 20.9. The van der Waals surface area contributed by atoms with Crippen molar-refractivity contribution in [3.63, 3.8) is 0 Å². The number of rotatable bonds is 6. The second-order valence-corrected chi connectivity index (χ2v) is 8.66. The summed E-state index contributed by atoms with van der Waals surface area (Å²) >= 11 is 0. The zero-order chi connectivity index (χ0) is 28.9. The second-order valence-electron chi connectivity index (χ2n) is 8.66. The third-order valence-electron chi connectivity index (χ3n) is 6.04. The van der Waals surface area contributed by atoms with Crippen molar-refractivity contribution >= 4 is 27.9 Å². The molecular formula is C28H17F5O7. The predicted octanol–water partition coefficient (Wildman–Crippen LogP) is 6.59. The van der Waals surface area contributed by atoms with Gasteiger partial charge in [0, 0.05) is 22.4 Å². The molecule has 40 heavy (non-hydrogen) atoms. The monoisotopic (exact) mass is 560 g/mol. The molecule has 0 bridgehead atoms. The van der Waals surface area contributed by atoms with Crippen molar-refractivity contribution < 1.29 is 49.8 Å². The molecule has 0 aliphatic rings. The van der Waals surface area contributed by atoms with Crippen LogP contribution in [-0.2, 0) is 4.79 Å². The summed E-state index contributed by atoms with van der Waals surface area (Å²) in [5.41, 5.74) is 0.504. The first-order valence-corrected chi connectivity index (χ1v) is 11.5. The van der Waals surface area contributed by atoms with Crippen LogP contribution in [0, 0.1) is 36.0 Å². The summed E-state index contributed by atoms with van der Waals surface area (Å²) in [6.45, 7) is 2.53. The Kier molecular flexibility index (Phi) is 6.70. The molecule has 1 unspecified atom stereocenters. The van der Waals surface area contributed by atoms with Gasteiger partial charge in [0.15, 0.2) is 23.2 Å². The molecule has 0 saturated carbocycles. The van der Waals surface area contributed by atoms with Crippen LogP contribution in [0.2, 0.25) is 0 Å². The zero-order valence-corrected chi connectivity index (χ0v) is 20.9. The minimum Gasteiger partial charge on any atom is -0.493 e. The standard InChI is InChI=1S/C28H17F5O7/c1-11-7-18-14(15(10-20(34)38-18)19-8-13-5-4-6-16(36-3)26(13)39-19)9-17(11)40-28(35)12(2)37-27-24(32)22(30)21(29)23(31)25(27)33/h4-10,12H,1-3H3. The van der Waals surface area contributed by atoms with E-state index >= 15 is 0 Å². The summed E-state index contributed by atoms with van der Waals surface area (Å²) in [5, 5.41) is 0.993. The first kappa shape index (κ1) is 26.7. The Labute approximate surface area is 221 Å². The Hall–Kier alpha value is -4.87. The van der Waals surface area contributed by atoms with E-state index in [1.807, 2.05) is 0 Å². The number of hydrogen-bond acceptors (Lipinski definition) is 7. The maximum absolute atomic E-state index is 14.0. The van der Waals surface area contributed by atoms with Crippen LogP contribution in [0.5, 0.6) is 17.2 Å². The van der Waals surface area contributed by atoms with Gasteiger partial charge in [-0.15, -0.1) is 0 Å². The van der Waals surface area contributed by atoms with Gasteiger partial charge in [0.05, 0.1) is 7.11 Å². The van der Waals surface area contributed by atoms with Gasteiger partial charge in [0.1, 0.15) is 17.1 Å². The number of aryl methyl sites for hydroxylation is 1. The number of halogens is 5. The molecular weight excluding hydrogens is 543 g/mol. The van der Waals surface area contributed by atoms with Crippen molar-refractivity contribution in [2.24, 2.45) is 0 Å². The molecule has 0 saturated heterocycles. The summed E-state index contributed by atoms with van der Waals surface area (Å²) in [6.07, 6.45) is -1.79. The Morgan fingerprint density at radius 3 is 2.23 bits per heavy atom. The Bertz CT molecular complexity index is 1850. The number of methoxy groups -OCH3 is 1. The van der Waals surface area contributed by atoms with E-state index in [4.69, 9.17) is 23.0 Å². The summed E-state index contributed by atoms with van der Waals surface area (Å²) in [6, 6.07) is 10.9. The first-order chi connectivity index (χ1) is 19.0. The third kappa shape index (κ3) is 4.51. The molecule has 0 N–H and O–H groups in total. The lowest BCUT2D eigenvalue weighted by molar-refractivity contribution is -0.141. The van der Waals surface area contributed by atoms with Crippen LogP contribution < -0.4 is 19.8 Å². The van der Waals surface area contributed by atoms with Crippen LogP contribution in [0.3, 0.4) is 0 Å². The molecule has 2 aromatic heterocycles. The average Bonchev–Trinajstić information content (AvgIpc) is 3.37. The normalized spacial score (nSPS) is 12.1. The van der Waals surface area contributed by atoms with Gasteiger partial charge in [0.25, 0.3) is 0 Å². The quantitative estimate of drug-likeness (QED) is 0.0578. The van der Waals surface area contributed by atoms with E-state index < -0.39 is 52.5 Å². The van der Waals surface area contributed by atoms with Crippen molar-refractivity contribution in [1.29, 1.82) is 0 Å². The second kappa shape index (κ2) is 10.0. The molecule has 5 aromatic rings. The largest absolute Gasteiger partial charge is 0.493 e. The van der Waals surface area contributed by atoms with E-state index in [1.54, 1.807) is 24.3 Å². The number of carbonyl (C=O) groups excluding carboxylic acids is 1. The van der Waals surface area contributed by atoms with Gasteiger partial charge in [-0.2, -0.15) is 8.78 Å². The van der Waals surface area contributed by atoms with Crippen LogP contribution in [0.1, 0.15) is 12.5 Å². The van der Waals surface area contributed by atoms with Gasteiger partial charge in [0.2, 0.25) is 29.1 Å². The van der Waals surface area contributed by atoms with Gasteiger partial charge < -0.3 is 23.0 Å². The lowest BCUT2D eigenvalue weighted by atomic mass is 10.0. The fraction of sp³-hybridized carbons (Fsp3) is 0.143. The number of esters is 1. The number of fused-ring (bicyclic) bond motifs is 2. The Morgan fingerprint density at radius 2 is 1.55 bits per heavy atom. The minimum absolute atomic E-state index is 0.0610. The smallest absolute Gasteiger partial charge is 0.352 e. The molecule has 0 aliphatic carbocycles. The maximum Gasteiger partial charge on any atom is 0.352 e. The highest BCUT2D eigenvalue weighted by atomic mass is 19.2. The average molecular weight is 560 g/mol. The maximum atomic E-state index is 14.0. The van der Waals surface area contributed by atoms with E-state index in [0.29, 0.717) is 33.2 Å². The predicted molar refractivity (Wildman–Crippen MR) is 131 cm³/mol. The minimum atomic E-state index is -2.37. The summed E-state index contributed by atoms with van der Waals surface area (Å²) < 4.78 is 95.0. The van der Waals surface area contributed by atoms with Crippen molar-refractivity contribution in [3.05, 3.63) is 87.5 Å². The molecule has 0 aliphatic heterocycles. The summed E-state index contributed by atoms with van der Waals surface area (Å²) in [4.78, 5) is 25.0.